The number of nitrogens with one attached hydrogen (secondary N) is 1. The molecule has 3 rings (SSSR count). The van der Waals surface area contributed by atoms with Crippen molar-refractivity contribution >= 4 is 5.69 Å². The molecule has 0 amide bonds. The lowest BCUT2D eigenvalue weighted by atomic mass is 10.1. The zero-order valence-electron chi connectivity index (χ0n) is 18.6. The fourth-order valence-corrected chi connectivity index (χ4v) is 3.56. The number of rotatable bonds is 10. The second-order valence-electron chi connectivity index (χ2n) is 7.63. The molecule has 8 heteroatoms. The lowest BCUT2D eigenvalue weighted by Gasteiger charge is -2.16. The number of nitriles is 1. The summed E-state index contributed by atoms with van der Waals surface area (Å²) < 4.78 is 23.1. The van der Waals surface area contributed by atoms with Crippen LogP contribution in [0.5, 0.6) is 0 Å². The summed E-state index contributed by atoms with van der Waals surface area (Å²) in [5.74, 6) is -0.277. The molecule has 0 fully saturated rings. The summed E-state index contributed by atoms with van der Waals surface area (Å²) in [6.45, 7) is 6.75. The number of nitrogens with zero attached hydrogens (tertiary/aromatic N) is 4. The van der Waals surface area contributed by atoms with Crippen molar-refractivity contribution in [3.63, 3.8) is 0 Å². The number of benzene rings is 2. The Morgan fingerprint density at radius 1 is 1.22 bits per heavy atom. The summed E-state index contributed by atoms with van der Waals surface area (Å²) in [7, 11) is 0. The lowest BCUT2D eigenvalue weighted by molar-refractivity contribution is 0.0989. The molecule has 1 atom stereocenters. The van der Waals surface area contributed by atoms with Crippen LogP contribution in [0.3, 0.4) is 0 Å². The van der Waals surface area contributed by atoms with Crippen LogP contribution < -0.4 is 11.0 Å². The van der Waals surface area contributed by atoms with Gasteiger partial charge in [-0.15, -0.1) is 5.10 Å². The van der Waals surface area contributed by atoms with Crippen LogP contribution in [-0.4, -0.2) is 20.4 Å². The van der Waals surface area contributed by atoms with Gasteiger partial charge in [0.2, 0.25) is 0 Å². The summed E-state index contributed by atoms with van der Waals surface area (Å²) in [5.41, 5.74) is 1.21. The number of ether oxygens (including phenoxy) is 1. The normalized spacial score (nSPS) is 11.8. The smallest absolute Gasteiger partial charge is 0.350 e. The molecular formula is C24H28FN5O2. The molecule has 0 unspecified atom stereocenters. The Hall–Kier alpha value is -3.44. The summed E-state index contributed by atoms with van der Waals surface area (Å²) in [4.78, 5) is 13.0. The van der Waals surface area contributed by atoms with E-state index in [4.69, 9.17) is 4.74 Å². The van der Waals surface area contributed by atoms with Crippen LogP contribution in [0.2, 0.25) is 0 Å². The summed E-state index contributed by atoms with van der Waals surface area (Å²) in [5, 5.41) is 17.0. The van der Waals surface area contributed by atoms with Crippen molar-refractivity contribution in [3.05, 3.63) is 75.7 Å². The van der Waals surface area contributed by atoms with Crippen LogP contribution in [-0.2, 0) is 24.5 Å². The molecule has 7 nitrogen and oxygen atoms in total. The maximum atomic E-state index is 14.9. The molecule has 0 bridgehead atoms. The SMILES string of the molecule is CCC[C@H](C)Nc1cc(-n2nc(COCc3ccccc3)n(CC)c2=O)c(F)cc1C#N. The quantitative estimate of drug-likeness (QED) is 0.509. The first-order chi connectivity index (χ1) is 15.5. The van der Waals surface area contributed by atoms with Gasteiger partial charge in [-0.3, -0.25) is 4.57 Å². The predicted octanol–water partition coefficient (Wildman–Crippen LogP) is 4.38. The van der Waals surface area contributed by atoms with Gasteiger partial charge in [-0.25, -0.2) is 9.18 Å². The monoisotopic (exact) mass is 437 g/mol. The highest BCUT2D eigenvalue weighted by Gasteiger charge is 2.19. The third kappa shape index (κ3) is 5.24. The van der Waals surface area contributed by atoms with Crippen molar-refractivity contribution in [2.75, 3.05) is 5.32 Å². The zero-order valence-corrected chi connectivity index (χ0v) is 18.6. The third-order valence-corrected chi connectivity index (χ3v) is 5.16. The van der Waals surface area contributed by atoms with Crippen molar-refractivity contribution in [1.29, 1.82) is 5.26 Å². The van der Waals surface area contributed by atoms with E-state index < -0.39 is 11.5 Å². The average molecular weight is 438 g/mol. The number of anilines is 1. The van der Waals surface area contributed by atoms with E-state index in [-0.39, 0.29) is 23.9 Å². The van der Waals surface area contributed by atoms with Gasteiger partial charge < -0.3 is 10.1 Å². The van der Waals surface area contributed by atoms with Gasteiger partial charge >= 0.3 is 5.69 Å². The van der Waals surface area contributed by atoms with Gasteiger partial charge in [0.25, 0.3) is 0 Å². The van der Waals surface area contributed by atoms with Crippen LogP contribution in [0, 0.1) is 17.1 Å². The summed E-state index contributed by atoms with van der Waals surface area (Å²) in [6, 6.07) is 14.4. The fourth-order valence-electron chi connectivity index (χ4n) is 3.56. The second kappa shape index (κ2) is 10.7. The molecule has 0 saturated heterocycles. The van der Waals surface area contributed by atoms with E-state index in [1.165, 1.54) is 10.6 Å². The highest BCUT2D eigenvalue weighted by molar-refractivity contribution is 5.62. The van der Waals surface area contributed by atoms with Gasteiger partial charge in [-0.1, -0.05) is 43.7 Å². The summed E-state index contributed by atoms with van der Waals surface area (Å²) in [6.07, 6.45) is 1.86. The number of hydrogen-bond donors (Lipinski definition) is 1. The molecule has 32 heavy (non-hydrogen) atoms. The van der Waals surface area contributed by atoms with Crippen LogP contribution in [0.1, 0.15) is 50.6 Å². The van der Waals surface area contributed by atoms with Gasteiger partial charge in [0.15, 0.2) is 11.6 Å². The molecule has 0 aliphatic heterocycles. The Labute approximate surface area is 187 Å². The predicted molar refractivity (Wildman–Crippen MR) is 121 cm³/mol. The number of hydrogen-bond acceptors (Lipinski definition) is 5. The Morgan fingerprint density at radius 2 is 1.97 bits per heavy atom. The molecule has 0 radical (unpaired) electrons. The van der Waals surface area contributed by atoms with E-state index in [0.717, 1.165) is 29.2 Å². The van der Waals surface area contributed by atoms with Crippen molar-refractivity contribution in [2.45, 2.75) is 59.4 Å². The van der Waals surface area contributed by atoms with E-state index in [2.05, 4.69) is 17.3 Å². The third-order valence-electron chi connectivity index (χ3n) is 5.16. The molecule has 0 aliphatic carbocycles. The Morgan fingerprint density at radius 3 is 2.62 bits per heavy atom. The average Bonchev–Trinajstić information content (AvgIpc) is 3.10. The molecule has 0 spiro atoms. The van der Waals surface area contributed by atoms with E-state index in [0.29, 0.717) is 24.7 Å². The Balaban J connectivity index is 1.91. The van der Waals surface area contributed by atoms with Crippen LogP contribution >= 0.6 is 0 Å². The second-order valence-corrected chi connectivity index (χ2v) is 7.63. The molecule has 0 aliphatic rings. The van der Waals surface area contributed by atoms with Gasteiger partial charge in [-0.05, 0) is 38.0 Å². The topological polar surface area (TPSA) is 84.9 Å². The number of halogens is 1. The Kier molecular flexibility index (Phi) is 7.79. The zero-order chi connectivity index (χ0) is 23.1. The van der Waals surface area contributed by atoms with Crippen molar-refractivity contribution in [1.82, 2.24) is 14.3 Å². The largest absolute Gasteiger partial charge is 0.381 e. The minimum atomic E-state index is -0.685. The lowest BCUT2D eigenvalue weighted by Crippen LogP contribution is -2.25. The van der Waals surface area contributed by atoms with E-state index in [9.17, 15) is 14.4 Å². The van der Waals surface area contributed by atoms with Crippen molar-refractivity contribution < 1.29 is 9.13 Å². The molecule has 3 aromatic rings. The summed E-state index contributed by atoms with van der Waals surface area (Å²) >= 11 is 0. The van der Waals surface area contributed by atoms with E-state index in [1.807, 2.05) is 50.2 Å². The van der Waals surface area contributed by atoms with Crippen molar-refractivity contribution in [3.8, 4) is 11.8 Å². The maximum absolute atomic E-state index is 14.9. The minimum Gasteiger partial charge on any atom is -0.381 e. The molecule has 168 valence electrons. The highest BCUT2D eigenvalue weighted by atomic mass is 19.1. The molecule has 0 saturated carbocycles. The van der Waals surface area contributed by atoms with Crippen LogP contribution in [0.15, 0.2) is 47.3 Å². The van der Waals surface area contributed by atoms with Gasteiger partial charge in [-0.2, -0.15) is 9.94 Å². The molecule has 1 N–H and O–H groups in total. The highest BCUT2D eigenvalue weighted by Crippen LogP contribution is 2.24. The van der Waals surface area contributed by atoms with E-state index >= 15 is 0 Å². The Bertz CT molecular complexity index is 1150. The standard InChI is InChI=1S/C24H28FN5O2/c1-4-9-17(3)27-21-13-22(20(25)12-19(21)14-26)30-24(31)29(5-2)23(28-30)16-32-15-18-10-7-6-8-11-18/h6-8,10-13,17,27H,4-5,9,15-16H2,1-3H3/t17-/m0/s1. The van der Waals surface area contributed by atoms with Crippen molar-refractivity contribution in [2.24, 2.45) is 0 Å². The van der Waals surface area contributed by atoms with E-state index in [1.54, 1.807) is 0 Å². The molecule has 1 heterocycles. The maximum Gasteiger partial charge on any atom is 0.350 e. The fraction of sp³-hybridized carbons (Fsp3) is 0.375. The first-order valence-corrected chi connectivity index (χ1v) is 10.8. The minimum absolute atomic E-state index is 0.00305. The molecule has 2 aromatic carbocycles. The van der Waals surface area contributed by atoms with Gasteiger partial charge in [0, 0.05) is 12.6 Å². The molecular weight excluding hydrogens is 409 g/mol. The van der Waals surface area contributed by atoms with Crippen LogP contribution in [0.25, 0.3) is 5.69 Å². The first-order valence-electron chi connectivity index (χ1n) is 10.8. The number of aromatic nitrogens is 3. The van der Waals surface area contributed by atoms with Gasteiger partial charge in [0.1, 0.15) is 18.4 Å². The van der Waals surface area contributed by atoms with Gasteiger partial charge in [0.05, 0.1) is 17.9 Å². The molecule has 1 aromatic heterocycles. The van der Waals surface area contributed by atoms with Crippen LogP contribution in [0.4, 0.5) is 10.1 Å². The first kappa shape index (κ1) is 23.2.